The van der Waals surface area contributed by atoms with Crippen LogP contribution in [0.2, 0.25) is 0 Å². The lowest BCUT2D eigenvalue weighted by molar-refractivity contribution is -0.137. The van der Waals surface area contributed by atoms with Gasteiger partial charge in [0.2, 0.25) is 5.95 Å². The lowest BCUT2D eigenvalue weighted by Gasteiger charge is -2.32. The molecule has 6 rings (SSSR count). The van der Waals surface area contributed by atoms with E-state index in [9.17, 15) is 13.2 Å². The average molecular weight is 550 g/mol. The Morgan fingerprint density at radius 2 is 1.72 bits per heavy atom. The van der Waals surface area contributed by atoms with Crippen LogP contribution in [-0.2, 0) is 12.7 Å². The highest BCUT2D eigenvalue weighted by molar-refractivity contribution is 7.08. The maximum absolute atomic E-state index is 13.0. The first kappa shape index (κ1) is 25.3. The average Bonchev–Trinajstić information content (AvgIpc) is 3.61. The number of imidazole rings is 1. The number of nitrogens with zero attached hydrogens (tertiary/aromatic N) is 5. The molecular weight excluding hydrogens is 523 g/mol. The highest BCUT2D eigenvalue weighted by Crippen LogP contribution is 2.31. The highest BCUT2D eigenvalue weighted by atomic mass is 32.1. The van der Waals surface area contributed by atoms with E-state index in [1.807, 2.05) is 27.5 Å². The summed E-state index contributed by atoms with van der Waals surface area (Å²) in [6.07, 6.45) is -0.776. The fourth-order valence-electron chi connectivity index (χ4n) is 4.78. The summed E-state index contributed by atoms with van der Waals surface area (Å²) in [6, 6.07) is 17.5. The fraction of sp³-hybridized carbons (Fsp3) is 0.250. The van der Waals surface area contributed by atoms with E-state index in [0.29, 0.717) is 22.7 Å². The number of thiophene rings is 1. The van der Waals surface area contributed by atoms with Crippen LogP contribution in [0.25, 0.3) is 16.9 Å². The van der Waals surface area contributed by atoms with Crippen LogP contribution in [0.15, 0.2) is 77.8 Å². The van der Waals surface area contributed by atoms with Crippen molar-refractivity contribution in [2.45, 2.75) is 31.6 Å². The van der Waals surface area contributed by atoms with E-state index in [1.165, 1.54) is 17.7 Å². The fourth-order valence-corrected chi connectivity index (χ4v) is 5.41. The van der Waals surface area contributed by atoms with E-state index in [4.69, 9.17) is 4.98 Å². The summed E-state index contributed by atoms with van der Waals surface area (Å²) < 4.78 is 40.9. The van der Waals surface area contributed by atoms with Crippen molar-refractivity contribution in [2.75, 3.05) is 23.7 Å². The van der Waals surface area contributed by atoms with Crippen LogP contribution >= 0.6 is 11.3 Å². The number of rotatable bonds is 7. The van der Waals surface area contributed by atoms with Gasteiger partial charge >= 0.3 is 6.18 Å². The van der Waals surface area contributed by atoms with Gasteiger partial charge in [-0.05, 0) is 54.1 Å². The zero-order valence-electron chi connectivity index (χ0n) is 20.9. The SMILES string of the molecule is FC(F)(F)c1ccc(Nc2nc(NC3CCN(Cc4ccccc4)CC3)c3ncn(-c4ccsc4)c3n2)cc1. The molecule has 0 aliphatic carbocycles. The summed E-state index contributed by atoms with van der Waals surface area (Å²) in [5.74, 6) is 0.883. The van der Waals surface area contributed by atoms with Gasteiger partial charge in [0.05, 0.1) is 11.3 Å². The van der Waals surface area contributed by atoms with Gasteiger partial charge in [0.25, 0.3) is 0 Å². The Morgan fingerprint density at radius 3 is 2.41 bits per heavy atom. The smallest absolute Gasteiger partial charge is 0.365 e. The minimum absolute atomic E-state index is 0.209. The normalized spacial score (nSPS) is 15.1. The van der Waals surface area contributed by atoms with E-state index in [2.05, 4.69) is 49.8 Å². The third-order valence-electron chi connectivity index (χ3n) is 6.83. The molecule has 1 saturated heterocycles. The Kier molecular flexibility index (Phi) is 6.92. The quantitative estimate of drug-likeness (QED) is 0.235. The van der Waals surface area contributed by atoms with Crippen LogP contribution in [-0.4, -0.2) is 43.6 Å². The zero-order chi connectivity index (χ0) is 26.8. The zero-order valence-corrected chi connectivity index (χ0v) is 21.7. The molecular formula is C28H26F3N7S. The molecule has 39 heavy (non-hydrogen) atoms. The number of aromatic nitrogens is 4. The van der Waals surface area contributed by atoms with Gasteiger partial charge in [-0.1, -0.05) is 30.3 Å². The van der Waals surface area contributed by atoms with Gasteiger partial charge in [-0.3, -0.25) is 9.47 Å². The number of halogens is 3. The van der Waals surface area contributed by atoms with Crippen LogP contribution in [0.5, 0.6) is 0 Å². The van der Waals surface area contributed by atoms with Gasteiger partial charge in [-0.2, -0.15) is 34.5 Å². The number of alkyl halides is 3. The number of likely N-dealkylation sites (tertiary alicyclic amines) is 1. The number of anilines is 3. The van der Waals surface area contributed by atoms with Crippen LogP contribution in [0.3, 0.4) is 0 Å². The second-order valence-electron chi connectivity index (χ2n) is 9.54. The van der Waals surface area contributed by atoms with Gasteiger partial charge in [-0.15, -0.1) is 0 Å². The lowest BCUT2D eigenvalue weighted by atomic mass is 10.0. The number of hydrogen-bond donors (Lipinski definition) is 2. The van der Waals surface area contributed by atoms with Crippen molar-refractivity contribution in [3.63, 3.8) is 0 Å². The second kappa shape index (κ2) is 10.7. The first-order chi connectivity index (χ1) is 18.9. The Labute approximate surface area is 227 Å². The largest absolute Gasteiger partial charge is 0.416 e. The molecule has 0 unspecified atom stereocenters. The van der Waals surface area contributed by atoms with E-state index in [1.54, 1.807) is 17.7 Å². The molecule has 4 heterocycles. The number of hydrogen-bond acceptors (Lipinski definition) is 7. The maximum Gasteiger partial charge on any atom is 0.416 e. The monoisotopic (exact) mass is 549 g/mol. The number of nitrogens with one attached hydrogen (secondary N) is 2. The van der Waals surface area contributed by atoms with Crippen molar-refractivity contribution in [3.8, 4) is 5.69 Å². The molecule has 200 valence electrons. The van der Waals surface area contributed by atoms with Crippen molar-refractivity contribution in [1.29, 1.82) is 0 Å². The Hall–Kier alpha value is -3.96. The molecule has 2 aromatic carbocycles. The Bertz CT molecular complexity index is 1530. The van der Waals surface area contributed by atoms with E-state index in [-0.39, 0.29) is 12.0 Å². The molecule has 0 bridgehead atoms. The molecule has 0 radical (unpaired) electrons. The molecule has 11 heteroatoms. The minimum atomic E-state index is -4.39. The molecule has 0 amide bonds. The van der Waals surface area contributed by atoms with Gasteiger partial charge < -0.3 is 10.6 Å². The molecule has 2 N–H and O–H groups in total. The van der Waals surface area contributed by atoms with Gasteiger partial charge in [0.15, 0.2) is 17.0 Å². The van der Waals surface area contributed by atoms with Crippen molar-refractivity contribution < 1.29 is 13.2 Å². The molecule has 1 fully saturated rings. The molecule has 0 spiro atoms. The molecule has 0 saturated carbocycles. The first-order valence-electron chi connectivity index (χ1n) is 12.7. The standard InChI is InChI=1S/C28H26F3N7S/c29-28(30,31)20-6-8-21(9-7-20)34-27-35-25(24-26(36-27)38(18-32-24)23-12-15-39-17-23)33-22-10-13-37(14-11-22)16-19-4-2-1-3-5-19/h1-9,12,15,17-18,22H,10-11,13-14,16H2,(H2,33,34,35,36). The van der Waals surface area contributed by atoms with Crippen LogP contribution in [0.1, 0.15) is 24.0 Å². The van der Waals surface area contributed by atoms with Crippen LogP contribution in [0, 0.1) is 0 Å². The van der Waals surface area contributed by atoms with Gasteiger partial charge in [-0.25, -0.2) is 4.98 Å². The predicted molar refractivity (Wildman–Crippen MR) is 148 cm³/mol. The summed E-state index contributed by atoms with van der Waals surface area (Å²) >= 11 is 1.57. The molecule has 5 aromatic rings. The number of fused-ring (bicyclic) bond motifs is 1. The van der Waals surface area contributed by atoms with E-state index >= 15 is 0 Å². The van der Waals surface area contributed by atoms with Gasteiger partial charge in [0, 0.05) is 36.7 Å². The highest BCUT2D eigenvalue weighted by Gasteiger charge is 2.30. The molecule has 1 aliphatic rings. The molecule has 3 aromatic heterocycles. The Morgan fingerprint density at radius 1 is 0.949 bits per heavy atom. The number of benzene rings is 2. The van der Waals surface area contributed by atoms with Crippen molar-refractivity contribution >= 4 is 40.0 Å². The number of piperidine rings is 1. The summed E-state index contributed by atoms with van der Waals surface area (Å²) in [5.41, 5.74) is 3.25. The third kappa shape index (κ3) is 5.74. The molecule has 7 nitrogen and oxygen atoms in total. The molecule has 1 aliphatic heterocycles. The predicted octanol–water partition coefficient (Wildman–Crippen LogP) is 6.72. The van der Waals surface area contributed by atoms with E-state index in [0.717, 1.165) is 50.3 Å². The summed E-state index contributed by atoms with van der Waals surface area (Å²) in [7, 11) is 0. The van der Waals surface area contributed by atoms with Crippen LogP contribution < -0.4 is 10.6 Å². The minimum Gasteiger partial charge on any atom is -0.365 e. The van der Waals surface area contributed by atoms with Crippen molar-refractivity contribution in [3.05, 3.63) is 88.9 Å². The second-order valence-corrected chi connectivity index (χ2v) is 10.3. The summed E-state index contributed by atoms with van der Waals surface area (Å²) in [6.45, 7) is 2.85. The summed E-state index contributed by atoms with van der Waals surface area (Å²) in [4.78, 5) is 16.4. The van der Waals surface area contributed by atoms with Crippen LogP contribution in [0.4, 0.5) is 30.6 Å². The van der Waals surface area contributed by atoms with Gasteiger partial charge in [0.1, 0.15) is 6.33 Å². The topological polar surface area (TPSA) is 70.9 Å². The third-order valence-corrected chi connectivity index (χ3v) is 7.50. The maximum atomic E-state index is 13.0. The molecule has 0 atom stereocenters. The van der Waals surface area contributed by atoms with E-state index < -0.39 is 11.7 Å². The van der Waals surface area contributed by atoms with Crippen molar-refractivity contribution in [1.82, 2.24) is 24.4 Å². The van der Waals surface area contributed by atoms with Crippen molar-refractivity contribution in [2.24, 2.45) is 0 Å². The first-order valence-corrected chi connectivity index (χ1v) is 13.6. The summed E-state index contributed by atoms with van der Waals surface area (Å²) in [5, 5.41) is 10.6. The lowest BCUT2D eigenvalue weighted by Crippen LogP contribution is -2.38. The Balaban J connectivity index is 1.24.